The first-order valence-corrected chi connectivity index (χ1v) is 6.52. The Morgan fingerprint density at radius 3 is 2.19 bits per heavy atom. The zero-order valence-electron chi connectivity index (χ0n) is 10.2. The van der Waals surface area contributed by atoms with Crippen LogP contribution in [0, 0.1) is 0 Å². The molecule has 0 aromatic rings. The highest BCUT2D eigenvalue weighted by Crippen LogP contribution is 2.20. The number of nitrogens with one attached hydrogen (secondary N) is 2. The van der Waals surface area contributed by atoms with E-state index in [1.165, 1.54) is 25.7 Å². The maximum absolute atomic E-state index is 11.4. The molecule has 1 saturated heterocycles. The van der Waals surface area contributed by atoms with Crippen LogP contribution in [0.15, 0.2) is 0 Å². The Hall–Kier alpha value is -0.770. The Labute approximate surface area is 97.8 Å². The fourth-order valence-corrected chi connectivity index (χ4v) is 2.83. The smallest absolute Gasteiger partial charge is 0.317 e. The second-order valence-corrected chi connectivity index (χ2v) is 4.96. The number of carbonyl (C=O) groups excluding carboxylic acids is 1. The molecule has 0 atom stereocenters. The summed E-state index contributed by atoms with van der Waals surface area (Å²) >= 11 is 0. The maximum atomic E-state index is 11.4. The molecule has 4 nitrogen and oxygen atoms in total. The highest BCUT2D eigenvalue weighted by molar-refractivity contribution is 5.73. The lowest BCUT2D eigenvalue weighted by molar-refractivity contribution is 0.176. The molecule has 0 bridgehead atoms. The van der Waals surface area contributed by atoms with Crippen molar-refractivity contribution in [3.8, 4) is 0 Å². The average Bonchev–Trinajstić information content (AvgIpc) is 2.82. The molecule has 2 aliphatic rings. The predicted molar refractivity (Wildman–Crippen MR) is 64.4 cm³/mol. The van der Waals surface area contributed by atoms with Crippen LogP contribution in [0.1, 0.15) is 38.5 Å². The zero-order valence-corrected chi connectivity index (χ0v) is 10.2. The van der Waals surface area contributed by atoms with Gasteiger partial charge in [-0.05, 0) is 25.7 Å². The number of amides is 2. The van der Waals surface area contributed by atoms with E-state index < -0.39 is 0 Å². The van der Waals surface area contributed by atoms with Crippen LogP contribution < -0.4 is 10.6 Å². The molecule has 0 spiro atoms. The number of likely N-dealkylation sites (tertiary alicyclic amines) is 1. The topological polar surface area (TPSA) is 44.4 Å². The van der Waals surface area contributed by atoms with Crippen LogP contribution in [0.3, 0.4) is 0 Å². The Morgan fingerprint density at radius 1 is 1.06 bits per heavy atom. The fraction of sp³-hybridized carbons (Fsp3) is 0.917. The summed E-state index contributed by atoms with van der Waals surface area (Å²) in [6.45, 7) is 1.79. The van der Waals surface area contributed by atoms with E-state index >= 15 is 0 Å². The Bertz CT molecular complexity index is 230. The van der Waals surface area contributed by atoms with Crippen LogP contribution >= 0.6 is 0 Å². The first kappa shape index (κ1) is 11.7. The van der Waals surface area contributed by atoms with Gasteiger partial charge in [0.05, 0.1) is 0 Å². The summed E-state index contributed by atoms with van der Waals surface area (Å²) in [5.41, 5.74) is 0. The number of rotatable bonds is 2. The molecule has 0 aromatic heterocycles. The molecule has 1 saturated carbocycles. The summed E-state index contributed by atoms with van der Waals surface area (Å²) in [5, 5.41) is 6.43. The summed E-state index contributed by atoms with van der Waals surface area (Å²) in [6, 6.07) is 1.44. The van der Waals surface area contributed by atoms with Crippen LogP contribution in [0.4, 0.5) is 4.79 Å². The summed E-state index contributed by atoms with van der Waals surface area (Å²) < 4.78 is 0. The van der Waals surface area contributed by atoms with Crippen LogP contribution in [0.5, 0.6) is 0 Å². The second-order valence-electron chi connectivity index (χ2n) is 4.96. The number of carbonyl (C=O) groups is 1. The summed E-state index contributed by atoms with van der Waals surface area (Å²) in [4.78, 5) is 13.3. The zero-order chi connectivity index (χ0) is 11.4. The molecule has 2 amide bonds. The van der Waals surface area contributed by atoms with E-state index in [0.29, 0.717) is 6.04 Å². The van der Waals surface area contributed by atoms with Gasteiger partial charge in [0.15, 0.2) is 0 Å². The monoisotopic (exact) mass is 225 g/mol. The third-order valence-electron chi connectivity index (χ3n) is 3.82. The van der Waals surface area contributed by atoms with Crippen LogP contribution in [0.2, 0.25) is 0 Å². The first-order chi connectivity index (χ1) is 7.79. The quantitative estimate of drug-likeness (QED) is 0.744. The molecule has 1 aliphatic heterocycles. The van der Waals surface area contributed by atoms with Crippen LogP contribution in [-0.4, -0.2) is 43.2 Å². The van der Waals surface area contributed by atoms with Crippen molar-refractivity contribution in [1.82, 2.24) is 15.5 Å². The van der Waals surface area contributed by atoms with E-state index in [-0.39, 0.29) is 6.03 Å². The number of nitrogens with zero attached hydrogens (tertiary/aromatic N) is 1. The summed E-state index contributed by atoms with van der Waals surface area (Å²) in [7, 11) is 1.70. The van der Waals surface area contributed by atoms with E-state index in [2.05, 4.69) is 10.6 Å². The van der Waals surface area contributed by atoms with Gasteiger partial charge in [-0.1, -0.05) is 12.8 Å². The minimum absolute atomic E-state index is 0.0688. The minimum atomic E-state index is 0.0688. The van der Waals surface area contributed by atoms with Gasteiger partial charge in [0.25, 0.3) is 0 Å². The van der Waals surface area contributed by atoms with E-state index in [1.54, 1.807) is 7.05 Å². The lowest BCUT2D eigenvalue weighted by Crippen LogP contribution is -2.49. The Kier molecular flexibility index (Phi) is 4.04. The van der Waals surface area contributed by atoms with E-state index in [1.807, 2.05) is 4.90 Å². The van der Waals surface area contributed by atoms with Gasteiger partial charge in [0, 0.05) is 32.2 Å². The molecule has 0 unspecified atom stereocenters. The molecule has 1 heterocycles. The molecule has 2 fully saturated rings. The molecule has 4 heteroatoms. The second kappa shape index (κ2) is 5.53. The van der Waals surface area contributed by atoms with Gasteiger partial charge in [-0.3, -0.25) is 0 Å². The molecular weight excluding hydrogens is 202 g/mol. The van der Waals surface area contributed by atoms with Crippen molar-refractivity contribution in [3.63, 3.8) is 0 Å². The summed E-state index contributed by atoms with van der Waals surface area (Å²) in [5.74, 6) is 0. The van der Waals surface area contributed by atoms with Crippen molar-refractivity contribution >= 4 is 6.03 Å². The van der Waals surface area contributed by atoms with Crippen molar-refractivity contribution in [1.29, 1.82) is 0 Å². The number of piperidine rings is 1. The van der Waals surface area contributed by atoms with Gasteiger partial charge in [0.2, 0.25) is 0 Å². The van der Waals surface area contributed by atoms with Crippen LogP contribution in [-0.2, 0) is 0 Å². The maximum Gasteiger partial charge on any atom is 0.317 e. The van der Waals surface area contributed by atoms with Crippen molar-refractivity contribution in [3.05, 3.63) is 0 Å². The molecule has 92 valence electrons. The van der Waals surface area contributed by atoms with Crippen molar-refractivity contribution in [2.75, 3.05) is 20.1 Å². The lowest BCUT2D eigenvalue weighted by atomic mass is 10.0. The van der Waals surface area contributed by atoms with Crippen molar-refractivity contribution in [2.24, 2.45) is 0 Å². The normalized spacial score (nSPS) is 23.7. The van der Waals surface area contributed by atoms with E-state index in [9.17, 15) is 4.79 Å². The van der Waals surface area contributed by atoms with Crippen molar-refractivity contribution in [2.45, 2.75) is 50.6 Å². The fourth-order valence-electron chi connectivity index (χ4n) is 2.83. The van der Waals surface area contributed by atoms with E-state index in [0.717, 1.165) is 32.0 Å². The average molecular weight is 225 g/mol. The molecule has 2 N–H and O–H groups in total. The number of hydrogen-bond acceptors (Lipinski definition) is 2. The van der Waals surface area contributed by atoms with Gasteiger partial charge in [-0.25, -0.2) is 4.79 Å². The van der Waals surface area contributed by atoms with Crippen LogP contribution in [0.25, 0.3) is 0 Å². The predicted octanol–water partition coefficient (Wildman–Crippen LogP) is 1.32. The molecular formula is C12H23N3O. The largest absolute Gasteiger partial charge is 0.341 e. The SMILES string of the molecule is CNC(=O)N1CCC(NC2CCCC2)CC1. The van der Waals surface area contributed by atoms with Gasteiger partial charge in [0.1, 0.15) is 0 Å². The van der Waals surface area contributed by atoms with Gasteiger partial charge < -0.3 is 15.5 Å². The highest BCUT2D eigenvalue weighted by Gasteiger charge is 2.24. The molecule has 1 aliphatic carbocycles. The van der Waals surface area contributed by atoms with Gasteiger partial charge in [-0.15, -0.1) is 0 Å². The Balaban J connectivity index is 1.70. The molecule has 2 rings (SSSR count). The number of urea groups is 1. The van der Waals surface area contributed by atoms with Crippen molar-refractivity contribution < 1.29 is 4.79 Å². The van der Waals surface area contributed by atoms with E-state index in [4.69, 9.17) is 0 Å². The third-order valence-corrected chi connectivity index (χ3v) is 3.82. The third kappa shape index (κ3) is 2.88. The van der Waals surface area contributed by atoms with Gasteiger partial charge >= 0.3 is 6.03 Å². The summed E-state index contributed by atoms with van der Waals surface area (Å²) in [6.07, 6.45) is 7.66. The van der Waals surface area contributed by atoms with Gasteiger partial charge in [-0.2, -0.15) is 0 Å². The first-order valence-electron chi connectivity index (χ1n) is 6.52. The lowest BCUT2D eigenvalue weighted by Gasteiger charge is -2.33. The molecule has 0 aromatic carbocycles. The molecule has 0 radical (unpaired) electrons. The molecule has 16 heavy (non-hydrogen) atoms. The number of hydrogen-bond donors (Lipinski definition) is 2. The Morgan fingerprint density at radius 2 is 1.62 bits per heavy atom. The minimum Gasteiger partial charge on any atom is -0.341 e. The standard InChI is InChI=1S/C12H23N3O/c1-13-12(16)15-8-6-11(7-9-15)14-10-4-2-3-5-10/h10-11,14H,2-9H2,1H3,(H,13,16). The highest BCUT2D eigenvalue weighted by atomic mass is 16.2.